The average molecular weight is 494 g/mol. The summed E-state index contributed by atoms with van der Waals surface area (Å²) in [5, 5.41) is 3.52. The maximum Gasteiger partial charge on any atom is 0.241 e. The van der Waals surface area contributed by atoms with Crippen LogP contribution in [0.4, 0.5) is 10.1 Å². The Morgan fingerprint density at radius 2 is 2.00 bits per heavy atom. The number of fused-ring (bicyclic) bond motifs is 1. The molecule has 1 aromatic heterocycles. The van der Waals surface area contributed by atoms with Crippen molar-refractivity contribution < 1.29 is 14.0 Å². The second kappa shape index (κ2) is 9.90. The van der Waals surface area contributed by atoms with Crippen LogP contribution in [0, 0.1) is 5.82 Å². The van der Waals surface area contributed by atoms with E-state index in [9.17, 15) is 14.0 Å². The summed E-state index contributed by atoms with van der Waals surface area (Å²) in [7, 11) is 0. The molecule has 2 amide bonds. The number of amides is 2. The minimum Gasteiger partial charge on any atom is -0.341 e. The summed E-state index contributed by atoms with van der Waals surface area (Å²) in [5.41, 5.74) is 3.57. The second-order valence-corrected chi connectivity index (χ2v) is 11.2. The van der Waals surface area contributed by atoms with E-state index in [2.05, 4.69) is 37.1 Å². The number of rotatable bonds is 6. The third-order valence-electron chi connectivity index (χ3n) is 7.70. The van der Waals surface area contributed by atoms with Crippen LogP contribution in [-0.2, 0) is 21.4 Å². The van der Waals surface area contributed by atoms with E-state index >= 15 is 0 Å². The minimum atomic E-state index is -0.251. The molecule has 2 aromatic rings. The third-order valence-corrected chi connectivity index (χ3v) is 7.70. The van der Waals surface area contributed by atoms with Gasteiger partial charge in [0.15, 0.2) is 0 Å². The van der Waals surface area contributed by atoms with Crippen LogP contribution in [0.3, 0.4) is 0 Å². The van der Waals surface area contributed by atoms with E-state index in [4.69, 9.17) is 4.98 Å². The monoisotopic (exact) mass is 493 g/mol. The van der Waals surface area contributed by atoms with Crippen LogP contribution >= 0.6 is 0 Å². The summed E-state index contributed by atoms with van der Waals surface area (Å²) in [6, 6.07) is 8.97. The van der Waals surface area contributed by atoms with E-state index in [1.807, 2.05) is 16.0 Å². The van der Waals surface area contributed by atoms with Gasteiger partial charge in [0.25, 0.3) is 0 Å². The van der Waals surface area contributed by atoms with Crippen LogP contribution in [0.5, 0.6) is 0 Å². The first-order chi connectivity index (χ1) is 17.2. The van der Waals surface area contributed by atoms with Gasteiger partial charge in [-0.25, -0.2) is 4.39 Å². The Bertz CT molecular complexity index is 1140. The molecular formula is C28H36FN5O2. The van der Waals surface area contributed by atoms with Gasteiger partial charge < -0.3 is 15.1 Å². The molecule has 1 aromatic carbocycles. The van der Waals surface area contributed by atoms with Gasteiger partial charge in [0, 0.05) is 62.8 Å². The highest BCUT2D eigenvalue weighted by Crippen LogP contribution is 2.39. The number of nitrogens with one attached hydrogen (secondary N) is 1. The van der Waals surface area contributed by atoms with Gasteiger partial charge in [-0.2, -0.15) is 0 Å². The fourth-order valence-corrected chi connectivity index (χ4v) is 5.75. The second-order valence-electron chi connectivity index (χ2n) is 11.2. The van der Waals surface area contributed by atoms with Gasteiger partial charge in [0.2, 0.25) is 11.8 Å². The molecule has 2 saturated heterocycles. The highest BCUT2D eigenvalue weighted by molar-refractivity contribution is 5.97. The molecule has 0 radical (unpaired) electrons. The quantitative estimate of drug-likeness (QED) is 0.670. The lowest BCUT2D eigenvalue weighted by Gasteiger charge is -2.41. The molecule has 2 fully saturated rings. The molecule has 3 aliphatic rings. The third kappa shape index (κ3) is 5.15. The Morgan fingerprint density at radius 3 is 2.72 bits per heavy atom. The fraction of sp³-hybridized carbons (Fsp3) is 0.536. The molecular weight excluding hydrogens is 457 g/mol. The molecule has 7 nitrogen and oxygen atoms in total. The highest BCUT2D eigenvalue weighted by atomic mass is 19.1. The SMILES string of the molecule is CC1CN(CC(=O)N2CC(C)(C)c3ncc(Cc4ccc(F)cc4)cc32)C(CN2CCCC2=O)CN1. The maximum atomic E-state index is 13.7. The summed E-state index contributed by atoms with van der Waals surface area (Å²) >= 11 is 0. The number of carbonyl (C=O) groups excluding carboxylic acids is 2. The molecule has 5 rings (SSSR count). The predicted octanol–water partition coefficient (Wildman–Crippen LogP) is 2.72. The minimum absolute atomic E-state index is 0.0643. The number of carbonyl (C=O) groups is 2. The summed E-state index contributed by atoms with van der Waals surface area (Å²) in [4.78, 5) is 36.8. The first-order valence-corrected chi connectivity index (χ1v) is 13.0. The Labute approximate surface area is 212 Å². The predicted molar refractivity (Wildman–Crippen MR) is 137 cm³/mol. The number of benzene rings is 1. The molecule has 2 unspecified atom stereocenters. The molecule has 0 spiro atoms. The number of halogens is 1. The van der Waals surface area contributed by atoms with E-state index in [0.29, 0.717) is 32.5 Å². The van der Waals surface area contributed by atoms with Crippen LogP contribution in [-0.4, -0.2) is 78.0 Å². The number of hydrogen-bond acceptors (Lipinski definition) is 5. The van der Waals surface area contributed by atoms with Crippen molar-refractivity contribution in [3.8, 4) is 0 Å². The molecule has 3 aliphatic heterocycles. The van der Waals surface area contributed by atoms with Gasteiger partial charge >= 0.3 is 0 Å². The van der Waals surface area contributed by atoms with Gasteiger partial charge in [-0.3, -0.25) is 19.5 Å². The van der Waals surface area contributed by atoms with Crippen molar-refractivity contribution in [1.29, 1.82) is 0 Å². The standard InChI is InChI=1S/C28H36FN5O2/c1-19-15-33(23(14-30-19)16-32-10-4-5-25(32)35)17-26(36)34-18-28(2,3)27-24(34)12-21(13-31-27)11-20-6-8-22(29)9-7-20/h6-9,12-13,19,23,30H,4-5,10-11,14-18H2,1-3H3. The van der Waals surface area contributed by atoms with Gasteiger partial charge in [-0.05, 0) is 49.1 Å². The smallest absolute Gasteiger partial charge is 0.241 e. The van der Waals surface area contributed by atoms with E-state index in [-0.39, 0.29) is 35.1 Å². The zero-order valence-electron chi connectivity index (χ0n) is 21.5. The van der Waals surface area contributed by atoms with Gasteiger partial charge in [-0.1, -0.05) is 26.0 Å². The van der Waals surface area contributed by atoms with Gasteiger partial charge in [-0.15, -0.1) is 0 Å². The van der Waals surface area contributed by atoms with Crippen molar-refractivity contribution >= 4 is 17.5 Å². The Morgan fingerprint density at radius 1 is 1.22 bits per heavy atom. The van der Waals surface area contributed by atoms with Crippen LogP contribution in [0.15, 0.2) is 36.5 Å². The van der Waals surface area contributed by atoms with Gasteiger partial charge in [0.1, 0.15) is 5.82 Å². The van der Waals surface area contributed by atoms with Crippen molar-refractivity contribution in [2.75, 3.05) is 44.2 Å². The number of anilines is 1. The van der Waals surface area contributed by atoms with Crippen LogP contribution in [0.2, 0.25) is 0 Å². The summed E-state index contributed by atoms with van der Waals surface area (Å²) in [6.45, 7) is 10.3. The number of pyridine rings is 1. The lowest BCUT2D eigenvalue weighted by Crippen LogP contribution is -2.60. The zero-order valence-corrected chi connectivity index (χ0v) is 21.5. The van der Waals surface area contributed by atoms with Crippen molar-refractivity contribution in [3.63, 3.8) is 0 Å². The van der Waals surface area contributed by atoms with E-state index < -0.39 is 0 Å². The van der Waals surface area contributed by atoms with Crippen molar-refractivity contribution in [2.24, 2.45) is 0 Å². The molecule has 0 saturated carbocycles. The van der Waals surface area contributed by atoms with E-state index in [1.54, 1.807) is 12.1 Å². The van der Waals surface area contributed by atoms with Crippen molar-refractivity contribution in [1.82, 2.24) is 20.1 Å². The number of piperazine rings is 1. The fourth-order valence-electron chi connectivity index (χ4n) is 5.75. The molecule has 192 valence electrons. The molecule has 1 N–H and O–H groups in total. The number of nitrogens with zero attached hydrogens (tertiary/aromatic N) is 4. The van der Waals surface area contributed by atoms with Crippen molar-refractivity contribution in [3.05, 3.63) is 59.2 Å². The Hall–Kier alpha value is -2.84. The summed E-state index contributed by atoms with van der Waals surface area (Å²) in [6.07, 6.45) is 4.05. The molecule has 0 aliphatic carbocycles. The summed E-state index contributed by atoms with van der Waals surface area (Å²) in [5.74, 6) is 0.0308. The zero-order chi connectivity index (χ0) is 25.4. The van der Waals surface area contributed by atoms with Crippen LogP contribution < -0.4 is 10.2 Å². The highest BCUT2D eigenvalue weighted by Gasteiger charge is 2.41. The van der Waals surface area contributed by atoms with Crippen LogP contribution in [0.25, 0.3) is 0 Å². The number of hydrogen-bond donors (Lipinski definition) is 1. The Balaban J connectivity index is 1.34. The Kier molecular flexibility index (Phi) is 6.83. The first-order valence-electron chi connectivity index (χ1n) is 13.0. The maximum absolute atomic E-state index is 13.7. The van der Waals surface area contributed by atoms with E-state index in [1.165, 1.54) is 12.1 Å². The molecule has 2 atom stereocenters. The lowest BCUT2D eigenvalue weighted by atomic mass is 9.91. The normalized spacial score (nSPS) is 23.8. The number of aromatic nitrogens is 1. The molecule has 0 bridgehead atoms. The number of likely N-dealkylation sites (tertiary alicyclic amines) is 1. The largest absolute Gasteiger partial charge is 0.341 e. The average Bonchev–Trinajstić information content (AvgIpc) is 3.36. The van der Waals surface area contributed by atoms with Crippen LogP contribution in [0.1, 0.15) is 50.4 Å². The molecule has 36 heavy (non-hydrogen) atoms. The topological polar surface area (TPSA) is 68.8 Å². The van der Waals surface area contributed by atoms with Gasteiger partial charge in [0.05, 0.1) is 17.9 Å². The van der Waals surface area contributed by atoms with E-state index in [0.717, 1.165) is 48.6 Å². The first kappa shape index (κ1) is 24.8. The molecule has 4 heterocycles. The van der Waals surface area contributed by atoms with Crippen molar-refractivity contribution in [2.45, 2.75) is 57.5 Å². The summed E-state index contributed by atoms with van der Waals surface area (Å²) < 4.78 is 13.3. The lowest BCUT2D eigenvalue weighted by molar-refractivity contribution is -0.128. The molecule has 8 heteroatoms.